The zero-order chi connectivity index (χ0) is 18.8. The van der Waals surface area contributed by atoms with Crippen LogP contribution in [0.3, 0.4) is 0 Å². The predicted molar refractivity (Wildman–Crippen MR) is 105 cm³/mol. The first kappa shape index (κ1) is 20.2. The monoisotopic (exact) mass is 348 g/mol. The van der Waals surface area contributed by atoms with Gasteiger partial charge in [0.15, 0.2) is 0 Å². The van der Waals surface area contributed by atoms with Crippen LogP contribution < -0.4 is 10.1 Å². The predicted octanol–water partition coefficient (Wildman–Crippen LogP) is 3.23. The van der Waals surface area contributed by atoms with Crippen LogP contribution in [-0.2, 0) is 10.8 Å². The van der Waals surface area contributed by atoms with E-state index in [9.17, 15) is 5.11 Å². The lowest BCUT2D eigenvalue weighted by Crippen LogP contribution is -2.45. The van der Waals surface area contributed by atoms with Crippen LogP contribution >= 0.6 is 0 Å². The summed E-state index contributed by atoms with van der Waals surface area (Å²) in [6, 6.07) is 4.39. The van der Waals surface area contributed by atoms with Gasteiger partial charge in [0.05, 0.1) is 13.2 Å². The van der Waals surface area contributed by atoms with E-state index in [1.165, 1.54) is 5.56 Å². The molecule has 0 radical (unpaired) electrons. The van der Waals surface area contributed by atoms with Crippen molar-refractivity contribution in [3.8, 4) is 5.75 Å². The molecule has 1 aromatic carbocycles. The number of hydrogen-bond acceptors (Lipinski definition) is 4. The number of piperazine rings is 1. The Labute approximate surface area is 153 Å². The van der Waals surface area contributed by atoms with E-state index in [2.05, 4.69) is 63.9 Å². The number of nitrogens with zero attached hydrogens (tertiary/aromatic N) is 1. The van der Waals surface area contributed by atoms with Gasteiger partial charge in [0, 0.05) is 43.9 Å². The largest absolute Gasteiger partial charge is 0.496 e. The van der Waals surface area contributed by atoms with Crippen LogP contribution in [0.5, 0.6) is 5.75 Å². The van der Waals surface area contributed by atoms with Gasteiger partial charge < -0.3 is 15.2 Å². The summed E-state index contributed by atoms with van der Waals surface area (Å²) < 4.78 is 5.79. The third-order valence-electron chi connectivity index (χ3n) is 5.00. The Morgan fingerprint density at radius 3 is 2.16 bits per heavy atom. The molecule has 1 aliphatic rings. The van der Waals surface area contributed by atoms with E-state index < -0.39 is 6.10 Å². The third kappa shape index (κ3) is 4.96. The third-order valence-corrected chi connectivity index (χ3v) is 5.00. The van der Waals surface area contributed by atoms with Gasteiger partial charge in [0.2, 0.25) is 0 Å². The normalized spacial score (nSPS) is 18.2. The first-order valence-corrected chi connectivity index (χ1v) is 9.38. The van der Waals surface area contributed by atoms with Gasteiger partial charge in [-0.1, -0.05) is 47.6 Å². The van der Waals surface area contributed by atoms with Crippen molar-refractivity contribution >= 4 is 0 Å². The standard InChI is InChI=1S/C21H36N2O2/c1-20(2,3)15-12-16(18(24)14-23-10-8-22-9-11-23)19(25-7)17(13-15)21(4,5)6/h12-13,18,22,24H,8-11,14H2,1-7H3. The molecule has 142 valence electrons. The Hall–Kier alpha value is -1.10. The summed E-state index contributed by atoms with van der Waals surface area (Å²) in [5.74, 6) is 0.836. The minimum atomic E-state index is -0.545. The Morgan fingerprint density at radius 1 is 1.08 bits per heavy atom. The van der Waals surface area contributed by atoms with E-state index in [4.69, 9.17) is 4.74 Å². The second-order valence-electron chi connectivity index (χ2n) is 9.21. The van der Waals surface area contributed by atoms with Gasteiger partial charge in [-0.05, 0) is 22.5 Å². The van der Waals surface area contributed by atoms with Gasteiger partial charge in [0.1, 0.15) is 5.75 Å². The lowest BCUT2D eigenvalue weighted by Gasteiger charge is -2.32. The van der Waals surface area contributed by atoms with Gasteiger partial charge in [-0.25, -0.2) is 0 Å². The zero-order valence-corrected chi connectivity index (χ0v) is 17.1. The number of rotatable bonds is 4. The smallest absolute Gasteiger partial charge is 0.128 e. The Bertz CT molecular complexity index is 579. The number of benzene rings is 1. The molecule has 1 heterocycles. The second-order valence-corrected chi connectivity index (χ2v) is 9.21. The van der Waals surface area contributed by atoms with Gasteiger partial charge in [0.25, 0.3) is 0 Å². The van der Waals surface area contributed by atoms with Crippen molar-refractivity contribution in [1.29, 1.82) is 0 Å². The van der Waals surface area contributed by atoms with Crippen LogP contribution in [-0.4, -0.2) is 49.8 Å². The minimum Gasteiger partial charge on any atom is -0.496 e. The molecule has 0 amide bonds. The maximum absolute atomic E-state index is 11.0. The average molecular weight is 349 g/mol. The Balaban J connectivity index is 2.46. The van der Waals surface area contributed by atoms with E-state index in [-0.39, 0.29) is 10.8 Å². The number of nitrogens with one attached hydrogen (secondary N) is 1. The van der Waals surface area contributed by atoms with Crippen molar-refractivity contribution in [2.75, 3.05) is 39.8 Å². The molecular formula is C21H36N2O2. The highest BCUT2D eigenvalue weighted by Gasteiger charge is 2.28. The molecule has 1 fully saturated rings. The molecule has 0 aromatic heterocycles. The molecule has 4 heteroatoms. The highest BCUT2D eigenvalue weighted by Crippen LogP contribution is 2.40. The zero-order valence-electron chi connectivity index (χ0n) is 17.1. The maximum atomic E-state index is 11.0. The molecule has 0 bridgehead atoms. The Kier molecular flexibility index (Phi) is 6.18. The number of methoxy groups -OCH3 is 1. The lowest BCUT2D eigenvalue weighted by atomic mass is 9.78. The van der Waals surface area contributed by atoms with Gasteiger partial charge in [-0.15, -0.1) is 0 Å². The van der Waals surface area contributed by atoms with E-state index in [0.29, 0.717) is 6.54 Å². The van der Waals surface area contributed by atoms with Gasteiger partial charge in [-0.3, -0.25) is 4.90 Å². The molecule has 2 N–H and O–H groups in total. The lowest BCUT2D eigenvalue weighted by molar-refractivity contribution is 0.103. The van der Waals surface area contributed by atoms with Crippen LogP contribution in [0, 0.1) is 0 Å². The van der Waals surface area contributed by atoms with E-state index in [1.54, 1.807) is 7.11 Å². The number of aliphatic hydroxyl groups is 1. The van der Waals surface area contributed by atoms with Crippen LogP contribution in [0.25, 0.3) is 0 Å². The molecule has 0 spiro atoms. The molecule has 1 unspecified atom stereocenters. The summed E-state index contributed by atoms with van der Waals surface area (Å²) in [7, 11) is 1.71. The number of aliphatic hydroxyl groups excluding tert-OH is 1. The van der Waals surface area contributed by atoms with Crippen molar-refractivity contribution in [2.24, 2.45) is 0 Å². The first-order valence-electron chi connectivity index (χ1n) is 9.38. The number of ether oxygens (including phenoxy) is 1. The first-order chi connectivity index (χ1) is 11.5. The molecule has 4 nitrogen and oxygen atoms in total. The van der Waals surface area contributed by atoms with Crippen LogP contribution in [0.15, 0.2) is 12.1 Å². The topological polar surface area (TPSA) is 44.7 Å². The molecule has 1 aromatic rings. The maximum Gasteiger partial charge on any atom is 0.128 e. The van der Waals surface area contributed by atoms with Gasteiger partial charge >= 0.3 is 0 Å². The van der Waals surface area contributed by atoms with Gasteiger partial charge in [-0.2, -0.15) is 0 Å². The van der Waals surface area contributed by atoms with Crippen molar-refractivity contribution < 1.29 is 9.84 Å². The van der Waals surface area contributed by atoms with E-state index in [0.717, 1.165) is 43.1 Å². The van der Waals surface area contributed by atoms with E-state index in [1.807, 2.05) is 0 Å². The molecule has 1 atom stereocenters. The summed E-state index contributed by atoms with van der Waals surface area (Å²) in [6.07, 6.45) is -0.545. The van der Waals surface area contributed by atoms with Crippen LogP contribution in [0.4, 0.5) is 0 Å². The Morgan fingerprint density at radius 2 is 1.68 bits per heavy atom. The minimum absolute atomic E-state index is 0.0236. The average Bonchev–Trinajstić information content (AvgIpc) is 2.52. The summed E-state index contributed by atoms with van der Waals surface area (Å²) in [6.45, 7) is 17.8. The fourth-order valence-electron chi connectivity index (χ4n) is 3.35. The van der Waals surface area contributed by atoms with E-state index >= 15 is 0 Å². The summed E-state index contributed by atoms with van der Waals surface area (Å²) in [5.41, 5.74) is 3.30. The molecule has 2 rings (SSSR count). The molecule has 25 heavy (non-hydrogen) atoms. The fraction of sp³-hybridized carbons (Fsp3) is 0.714. The van der Waals surface area contributed by atoms with Crippen molar-refractivity contribution in [3.05, 3.63) is 28.8 Å². The fourth-order valence-corrected chi connectivity index (χ4v) is 3.35. The van der Waals surface area contributed by atoms with Crippen LogP contribution in [0.2, 0.25) is 0 Å². The number of β-amino-alcohol motifs (C(OH)–C–C–N with tert-alkyl or cyclic N) is 1. The SMILES string of the molecule is COc1c(C(O)CN2CCNCC2)cc(C(C)(C)C)cc1C(C)(C)C. The summed E-state index contributed by atoms with van der Waals surface area (Å²) in [5, 5.41) is 14.4. The molecule has 1 aliphatic heterocycles. The van der Waals surface area contributed by atoms with Crippen molar-refractivity contribution in [2.45, 2.75) is 58.5 Å². The number of hydrogen-bond donors (Lipinski definition) is 2. The summed E-state index contributed by atoms with van der Waals surface area (Å²) >= 11 is 0. The summed E-state index contributed by atoms with van der Waals surface area (Å²) in [4.78, 5) is 2.32. The quantitative estimate of drug-likeness (QED) is 0.877. The molecule has 1 saturated heterocycles. The molecular weight excluding hydrogens is 312 g/mol. The van der Waals surface area contributed by atoms with Crippen LogP contribution in [0.1, 0.15) is 64.3 Å². The highest BCUT2D eigenvalue weighted by molar-refractivity contribution is 5.50. The molecule has 0 saturated carbocycles. The highest BCUT2D eigenvalue weighted by atomic mass is 16.5. The molecule has 0 aliphatic carbocycles. The second kappa shape index (κ2) is 7.65. The van der Waals surface area contributed by atoms with Crippen molar-refractivity contribution in [1.82, 2.24) is 10.2 Å². The van der Waals surface area contributed by atoms with Crippen molar-refractivity contribution in [3.63, 3.8) is 0 Å².